The number of aliphatic carboxylic acids is 1. The second-order valence-corrected chi connectivity index (χ2v) is 8.51. The van der Waals surface area contributed by atoms with Gasteiger partial charge in [-0.2, -0.15) is 0 Å². The number of thioether (sulfide) groups is 1. The monoisotopic (exact) mass is 552 g/mol. The SMILES string of the molecule is CCOc1cc(C=C2SC(=Nc3ccccc3)N(CC)C2=O)cc(I)c1OCC(=O)O. The minimum atomic E-state index is -1.07. The molecule has 1 amide bonds. The molecule has 162 valence electrons. The van der Waals surface area contributed by atoms with Gasteiger partial charge in [0.25, 0.3) is 5.91 Å². The quantitative estimate of drug-likeness (QED) is 0.375. The molecule has 0 saturated carbocycles. The van der Waals surface area contributed by atoms with Crippen molar-refractivity contribution in [1.82, 2.24) is 4.90 Å². The smallest absolute Gasteiger partial charge is 0.341 e. The van der Waals surface area contributed by atoms with Gasteiger partial charge in [0.15, 0.2) is 23.3 Å². The lowest BCUT2D eigenvalue weighted by Gasteiger charge is -2.14. The van der Waals surface area contributed by atoms with Gasteiger partial charge in [-0.3, -0.25) is 9.69 Å². The maximum absolute atomic E-state index is 12.9. The average Bonchev–Trinajstić information content (AvgIpc) is 3.02. The number of rotatable bonds is 8. The van der Waals surface area contributed by atoms with Crippen LogP contribution in [0.2, 0.25) is 0 Å². The number of amides is 1. The van der Waals surface area contributed by atoms with Crippen molar-refractivity contribution in [2.75, 3.05) is 19.8 Å². The Morgan fingerprint density at radius 3 is 2.61 bits per heavy atom. The summed E-state index contributed by atoms with van der Waals surface area (Å²) in [5.74, 6) is -0.369. The molecule has 1 saturated heterocycles. The van der Waals surface area contributed by atoms with Crippen molar-refractivity contribution in [3.05, 3.63) is 56.5 Å². The van der Waals surface area contributed by atoms with E-state index in [1.54, 1.807) is 17.0 Å². The molecule has 0 aliphatic carbocycles. The molecule has 3 rings (SSSR count). The van der Waals surface area contributed by atoms with Crippen molar-refractivity contribution >= 4 is 63.2 Å². The van der Waals surface area contributed by atoms with E-state index in [0.29, 0.717) is 38.3 Å². The Hall–Kier alpha value is -2.53. The number of carbonyl (C=O) groups excluding carboxylic acids is 1. The number of amidine groups is 1. The summed E-state index contributed by atoms with van der Waals surface area (Å²) < 4.78 is 11.7. The highest BCUT2D eigenvalue weighted by molar-refractivity contribution is 14.1. The normalized spacial score (nSPS) is 16.2. The van der Waals surface area contributed by atoms with Crippen LogP contribution in [-0.2, 0) is 9.59 Å². The predicted octanol–water partition coefficient (Wildman–Crippen LogP) is 4.78. The number of hydrogen-bond donors (Lipinski definition) is 1. The number of carboxylic acids is 1. The van der Waals surface area contributed by atoms with Crippen LogP contribution in [0, 0.1) is 3.57 Å². The molecular weight excluding hydrogens is 531 g/mol. The van der Waals surface area contributed by atoms with Gasteiger partial charge in [-0.15, -0.1) is 0 Å². The van der Waals surface area contributed by atoms with E-state index in [-0.39, 0.29) is 5.91 Å². The van der Waals surface area contributed by atoms with Crippen molar-refractivity contribution in [2.24, 2.45) is 4.99 Å². The molecule has 1 N–H and O–H groups in total. The molecular formula is C22H21IN2O5S. The number of para-hydroxylation sites is 1. The number of benzene rings is 2. The van der Waals surface area contributed by atoms with Crippen LogP contribution in [0.25, 0.3) is 6.08 Å². The summed E-state index contributed by atoms with van der Waals surface area (Å²) >= 11 is 3.39. The third-order valence-corrected chi connectivity index (χ3v) is 5.96. The van der Waals surface area contributed by atoms with E-state index in [2.05, 4.69) is 27.6 Å². The first-order valence-electron chi connectivity index (χ1n) is 9.59. The fourth-order valence-electron chi connectivity index (χ4n) is 2.84. The van der Waals surface area contributed by atoms with Crippen LogP contribution in [0.4, 0.5) is 5.69 Å². The number of aliphatic imine (C=N–C) groups is 1. The van der Waals surface area contributed by atoms with Crippen LogP contribution < -0.4 is 9.47 Å². The first kappa shape index (κ1) is 23.1. The molecule has 1 heterocycles. The highest BCUT2D eigenvalue weighted by Crippen LogP contribution is 2.38. The number of ether oxygens (including phenoxy) is 2. The van der Waals surface area contributed by atoms with Gasteiger partial charge < -0.3 is 14.6 Å². The molecule has 0 unspecified atom stereocenters. The molecule has 2 aromatic rings. The van der Waals surface area contributed by atoms with Crippen LogP contribution in [0.3, 0.4) is 0 Å². The summed E-state index contributed by atoms with van der Waals surface area (Å²) in [6, 6.07) is 13.1. The van der Waals surface area contributed by atoms with E-state index in [0.717, 1.165) is 11.3 Å². The summed E-state index contributed by atoms with van der Waals surface area (Å²) in [6.07, 6.45) is 1.79. The first-order chi connectivity index (χ1) is 14.9. The van der Waals surface area contributed by atoms with Crippen molar-refractivity contribution < 1.29 is 24.2 Å². The Bertz CT molecular complexity index is 1040. The van der Waals surface area contributed by atoms with Gasteiger partial charge in [-0.25, -0.2) is 9.79 Å². The molecule has 2 aromatic carbocycles. The van der Waals surface area contributed by atoms with Crippen molar-refractivity contribution in [2.45, 2.75) is 13.8 Å². The Labute approximate surface area is 198 Å². The molecule has 0 aromatic heterocycles. The molecule has 1 fully saturated rings. The van der Waals surface area contributed by atoms with E-state index in [1.165, 1.54) is 11.8 Å². The van der Waals surface area contributed by atoms with Gasteiger partial charge in [0, 0.05) is 6.54 Å². The number of hydrogen-bond acceptors (Lipinski definition) is 6. The molecule has 7 nitrogen and oxygen atoms in total. The van der Waals surface area contributed by atoms with Crippen LogP contribution in [0.1, 0.15) is 19.4 Å². The van der Waals surface area contributed by atoms with Crippen molar-refractivity contribution in [1.29, 1.82) is 0 Å². The first-order valence-corrected chi connectivity index (χ1v) is 11.5. The van der Waals surface area contributed by atoms with Gasteiger partial charge in [0.1, 0.15) is 0 Å². The Morgan fingerprint density at radius 1 is 1.23 bits per heavy atom. The largest absolute Gasteiger partial charge is 0.490 e. The van der Waals surface area contributed by atoms with Crippen LogP contribution in [0.5, 0.6) is 11.5 Å². The van der Waals surface area contributed by atoms with Gasteiger partial charge >= 0.3 is 5.97 Å². The lowest BCUT2D eigenvalue weighted by molar-refractivity contribution is -0.139. The molecule has 0 bridgehead atoms. The number of carbonyl (C=O) groups is 2. The van der Waals surface area contributed by atoms with E-state index in [9.17, 15) is 9.59 Å². The zero-order valence-corrected chi connectivity index (χ0v) is 20.0. The van der Waals surface area contributed by atoms with Crippen molar-refractivity contribution in [3.63, 3.8) is 0 Å². The zero-order valence-electron chi connectivity index (χ0n) is 17.0. The molecule has 0 atom stereocenters. The Balaban J connectivity index is 1.94. The second kappa shape index (κ2) is 10.7. The highest BCUT2D eigenvalue weighted by atomic mass is 127. The van der Waals surface area contributed by atoms with Crippen LogP contribution >= 0.6 is 34.4 Å². The minimum absolute atomic E-state index is 0.110. The summed E-state index contributed by atoms with van der Waals surface area (Å²) in [4.78, 5) is 30.6. The average molecular weight is 552 g/mol. The van der Waals surface area contributed by atoms with E-state index in [1.807, 2.05) is 50.2 Å². The Kier molecular flexibility index (Phi) is 7.97. The number of likely N-dealkylation sites (N-methyl/N-ethyl adjacent to an activating group) is 1. The lowest BCUT2D eigenvalue weighted by atomic mass is 10.2. The van der Waals surface area contributed by atoms with Gasteiger partial charge in [0.05, 0.1) is 20.8 Å². The fourth-order valence-corrected chi connectivity index (χ4v) is 4.69. The highest BCUT2D eigenvalue weighted by Gasteiger charge is 2.32. The molecule has 0 spiro atoms. The summed E-state index contributed by atoms with van der Waals surface area (Å²) in [7, 11) is 0. The maximum atomic E-state index is 12.9. The lowest BCUT2D eigenvalue weighted by Crippen LogP contribution is -2.28. The fraction of sp³-hybridized carbons (Fsp3) is 0.227. The number of carboxylic acid groups (broad SMARTS) is 1. The van der Waals surface area contributed by atoms with E-state index in [4.69, 9.17) is 14.6 Å². The van der Waals surface area contributed by atoms with Crippen LogP contribution in [0.15, 0.2) is 52.4 Å². The van der Waals surface area contributed by atoms with Crippen molar-refractivity contribution in [3.8, 4) is 11.5 Å². The van der Waals surface area contributed by atoms with E-state index >= 15 is 0 Å². The number of halogens is 1. The molecule has 31 heavy (non-hydrogen) atoms. The third kappa shape index (κ3) is 5.79. The molecule has 0 radical (unpaired) electrons. The van der Waals surface area contributed by atoms with Gasteiger partial charge in [-0.1, -0.05) is 18.2 Å². The molecule has 9 heteroatoms. The summed E-state index contributed by atoms with van der Waals surface area (Å²) in [5, 5.41) is 9.54. The second-order valence-electron chi connectivity index (χ2n) is 6.34. The van der Waals surface area contributed by atoms with Crippen LogP contribution in [-0.4, -0.2) is 46.8 Å². The minimum Gasteiger partial charge on any atom is -0.490 e. The van der Waals surface area contributed by atoms with Gasteiger partial charge in [-0.05, 0) is 84.1 Å². The molecule has 1 aliphatic heterocycles. The van der Waals surface area contributed by atoms with E-state index < -0.39 is 12.6 Å². The predicted molar refractivity (Wildman–Crippen MR) is 130 cm³/mol. The standard InChI is InChI=1S/C22H21IN2O5S/c1-3-25-21(28)18(31-22(25)24-15-8-6-5-7-9-15)12-14-10-16(23)20(30-13-19(26)27)17(11-14)29-4-2/h5-12H,3-4,13H2,1-2H3,(H,26,27). The zero-order chi connectivity index (χ0) is 22.4. The molecule has 1 aliphatic rings. The topological polar surface area (TPSA) is 88.4 Å². The third-order valence-electron chi connectivity index (χ3n) is 4.15. The number of nitrogens with zero attached hydrogens (tertiary/aromatic N) is 2. The van der Waals surface area contributed by atoms with Gasteiger partial charge in [0.2, 0.25) is 0 Å². The maximum Gasteiger partial charge on any atom is 0.341 e. The Morgan fingerprint density at radius 2 is 1.97 bits per heavy atom. The summed E-state index contributed by atoms with van der Waals surface area (Å²) in [6.45, 7) is 4.19. The summed E-state index contributed by atoms with van der Waals surface area (Å²) in [5.41, 5.74) is 1.54.